The number of cyclic esters (lactones) is 1. The molecule has 68 valence electrons. The van der Waals surface area contributed by atoms with E-state index in [0.717, 1.165) is 0 Å². The summed E-state index contributed by atoms with van der Waals surface area (Å²) in [6, 6.07) is 0. The van der Waals surface area contributed by atoms with Crippen molar-refractivity contribution < 1.29 is 9.53 Å². The van der Waals surface area contributed by atoms with Gasteiger partial charge in [0, 0.05) is 6.42 Å². The SMILES string of the molecule is C[C@@H]1OC(=O)C[C@H]2CCCC[C@@H]21. The molecular weight excluding hydrogens is 152 g/mol. The van der Waals surface area contributed by atoms with E-state index < -0.39 is 0 Å². The molecule has 2 nitrogen and oxygen atoms in total. The Balaban J connectivity index is 2.06. The van der Waals surface area contributed by atoms with E-state index in [4.69, 9.17) is 4.74 Å². The third-order valence-corrected chi connectivity index (χ3v) is 3.32. The highest BCUT2D eigenvalue weighted by atomic mass is 16.5. The van der Waals surface area contributed by atoms with Crippen LogP contribution in [0.3, 0.4) is 0 Å². The number of rotatable bonds is 0. The fourth-order valence-electron chi connectivity index (χ4n) is 2.66. The van der Waals surface area contributed by atoms with Crippen molar-refractivity contribution >= 4 is 5.97 Å². The molecule has 0 aromatic heterocycles. The van der Waals surface area contributed by atoms with E-state index in [2.05, 4.69) is 0 Å². The molecule has 1 heterocycles. The highest BCUT2D eigenvalue weighted by Crippen LogP contribution is 2.38. The number of fused-ring (bicyclic) bond motifs is 1. The maximum Gasteiger partial charge on any atom is 0.306 e. The van der Waals surface area contributed by atoms with Gasteiger partial charge < -0.3 is 4.74 Å². The highest BCUT2D eigenvalue weighted by Gasteiger charge is 2.37. The summed E-state index contributed by atoms with van der Waals surface area (Å²) < 4.78 is 5.22. The Morgan fingerprint density at radius 2 is 2.08 bits per heavy atom. The summed E-state index contributed by atoms with van der Waals surface area (Å²) in [7, 11) is 0. The molecule has 0 aromatic rings. The molecule has 0 N–H and O–H groups in total. The average molecular weight is 168 g/mol. The third-order valence-electron chi connectivity index (χ3n) is 3.32. The number of ether oxygens (including phenoxy) is 1. The van der Waals surface area contributed by atoms with E-state index in [1.54, 1.807) is 0 Å². The van der Waals surface area contributed by atoms with Crippen molar-refractivity contribution in [2.24, 2.45) is 11.8 Å². The highest BCUT2D eigenvalue weighted by molar-refractivity contribution is 5.70. The van der Waals surface area contributed by atoms with Gasteiger partial charge in [0.25, 0.3) is 0 Å². The Labute approximate surface area is 73.3 Å². The molecule has 1 saturated carbocycles. The predicted molar refractivity (Wildman–Crippen MR) is 45.6 cm³/mol. The smallest absolute Gasteiger partial charge is 0.306 e. The lowest BCUT2D eigenvalue weighted by atomic mass is 9.74. The van der Waals surface area contributed by atoms with Crippen molar-refractivity contribution in [3.8, 4) is 0 Å². The monoisotopic (exact) mass is 168 g/mol. The first-order valence-corrected chi connectivity index (χ1v) is 4.97. The number of carbonyl (C=O) groups excluding carboxylic acids is 1. The van der Waals surface area contributed by atoms with Gasteiger partial charge in [-0.2, -0.15) is 0 Å². The maximum atomic E-state index is 11.1. The van der Waals surface area contributed by atoms with Gasteiger partial charge in [0.1, 0.15) is 6.10 Å². The van der Waals surface area contributed by atoms with Crippen LogP contribution in [0.5, 0.6) is 0 Å². The topological polar surface area (TPSA) is 26.3 Å². The van der Waals surface area contributed by atoms with Crippen molar-refractivity contribution in [3.05, 3.63) is 0 Å². The normalized spacial score (nSPS) is 41.8. The van der Waals surface area contributed by atoms with E-state index in [9.17, 15) is 4.79 Å². The molecule has 0 bridgehead atoms. The summed E-state index contributed by atoms with van der Waals surface area (Å²) in [6.45, 7) is 2.04. The molecule has 3 atom stereocenters. The standard InChI is InChI=1S/C10H16O2/c1-7-9-5-3-2-4-8(9)6-10(11)12-7/h7-9H,2-6H2,1H3/t7-,8+,9+/m0/s1. The Bertz CT molecular complexity index is 188. The van der Waals surface area contributed by atoms with Gasteiger partial charge in [-0.05, 0) is 31.6 Å². The van der Waals surface area contributed by atoms with Crippen molar-refractivity contribution in [2.75, 3.05) is 0 Å². The van der Waals surface area contributed by atoms with Crippen molar-refractivity contribution in [1.82, 2.24) is 0 Å². The van der Waals surface area contributed by atoms with Gasteiger partial charge in [0.05, 0.1) is 0 Å². The van der Waals surface area contributed by atoms with Crippen LogP contribution in [0.25, 0.3) is 0 Å². The zero-order valence-electron chi connectivity index (χ0n) is 7.58. The molecule has 2 heteroatoms. The molecule has 2 aliphatic rings. The van der Waals surface area contributed by atoms with Crippen LogP contribution in [0.4, 0.5) is 0 Å². The van der Waals surface area contributed by atoms with E-state index >= 15 is 0 Å². The largest absolute Gasteiger partial charge is 0.462 e. The Kier molecular flexibility index (Phi) is 2.07. The van der Waals surface area contributed by atoms with Crippen LogP contribution in [0.1, 0.15) is 39.0 Å². The molecule has 0 spiro atoms. The summed E-state index contributed by atoms with van der Waals surface area (Å²) in [5, 5.41) is 0. The maximum absolute atomic E-state index is 11.1. The molecule has 0 radical (unpaired) electrons. The number of hydrogen-bond donors (Lipinski definition) is 0. The summed E-state index contributed by atoms with van der Waals surface area (Å²) in [5.74, 6) is 1.32. The minimum Gasteiger partial charge on any atom is -0.462 e. The molecule has 2 rings (SSSR count). The van der Waals surface area contributed by atoms with Gasteiger partial charge in [0.2, 0.25) is 0 Å². The third kappa shape index (κ3) is 1.35. The predicted octanol–water partition coefficient (Wildman–Crippen LogP) is 2.13. The minimum absolute atomic E-state index is 0.0191. The van der Waals surface area contributed by atoms with E-state index in [1.807, 2.05) is 6.92 Å². The first-order valence-electron chi connectivity index (χ1n) is 4.97. The second kappa shape index (κ2) is 3.08. The van der Waals surface area contributed by atoms with Crippen LogP contribution in [-0.2, 0) is 9.53 Å². The molecule has 1 aliphatic heterocycles. The number of carbonyl (C=O) groups is 1. The lowest BCUT2D eigenvalue weighted by Gasteiger charge is -2.38. The van der Waals surface area contributed by atoms with Crippen molar-refractivity contribution in [1.29, 1.82) is 0 Å². The number of esters is 1. The molecule has 0 amide bonds. The second-order valence-electron chi connectivity index (χ2n) is 4.11. The van der Waals surface area contributed by atoms with Gasteiger partial charge in [-0.25, -0.2) is 0 Å². The minimum atomic E-state index is 0.0191. The van der Waals surface area contributed by atoms with Gasteiger partial charge in [-0.3, -0.25) is 4.79 Å². The second-order valence-corrected chi connectivity index (χ2v) is 4.11. The quantitative estimate of drug-likeness (QED) is 0.518. The fourth-order valence-corrected chi connectivity index (χ4v) is 2.66. The molecule has 12 heavy (non-hydrogen) atoms. The van der Waals surface area contributed by atoms with Crippen LogP contribution in [0.15, 0.2) is 0 Å². The summed E-state index contributed by atoms with van der Waals surface area (Å²) in [4.78, 5) is 11.1. The summed E-state index contributed by atoms with van der Waals surface area (Å²) in [5.41, 5.74) is 0. The molecule has 0 unspecified atom stereocenters. The zero-order chi connectivity index (χ0) is 8.55. The van der Waals surface area contributed by atoms with Crippen LogP contribution >= 0.6 is 0 Å². The van der Waals surface area contributed by atoms with Gasteiger partial charge in [-0.15, -0.1) is 0 Å². The Hall–Kier alpha value is -0.530. The van der Waals surface area contributed by atoms with Crippen LogP contribution < -0.4 is 0 Å². The van der Waals surface area contributed by atoms with E-state index in [0.29, 0.717) is 18.3 Å². The van der Waals surface area contributed by atoms with Crippen molar-refractivity contribution in [3.63, 3.8) is 0 Å². The summed E-state index contributed by atoms with van der Waals surface area (Å²) >= 11 is 0. The van der Waals surface area contributed by atoms with Crippen LogP contribution in [-0.4, -0.2) is 12.1 Å². The van der Waals surface area contributed by atoms with Crippen molar-refractivity contribution in [2.45, 2.75) is 45.1 Å². The van der Waals surface area contributed by atoms with Gasteiger partial charge in [0.15, 0.2) is 0 Å². The Morgan fingerprint density at radius 1 is 1.33 bits per heavy atom. The number of hydrogen-bond acceptors (Lipinski definition) is 2. The fraction of sp³-hybridized carbons (Fsp3) is 0.900. The molecular formula is C10H16O2. The van der Waals surface area contributed by atoms with Crippen LogP contribution in [0.2, 0.25) is 0 Å². The lowest BCUT2D eigenvalue weighted by molar-refractivity contribution is -0.163. The van der Waals surface area contributed by atoms with Crippen LogP contribution in [0, 0.1) is 11.8 Å². The Morgan fingerprint density at radius 3 is 2.92 bits per heavy atom. The molecule has 0 aromatic carbocycles. The molecule has 1 saturated heterocycles. The van der Waals surface area contributed by atoms with Gasteiger partial charge >= 0.3 is 5.97 Å². The first kappa shape index (κ1) is 8.09. The average Bonchev–Trinajstić information content (AvgIpc) is 2.04. The van der Waals surface area contributed by atoms with E-state index in [1.165, 1.54) is 25.7 Å². The van der Waals surface area contributed by atoms with E-state index in [-0.39, 0.29) is 12.1 Å². The zero-order valence-corrected chi connectivity index (χ0v) is 7.58. The lowest BCUT2D eigenvalue weighted by Crippen LogP contribution is -2.38. The molecule has 2 fully saturated rings. The van der Waals surface area contributed by atoms with Gasteiger partial charge in [-0.1, -0.05) is 12.8 Å². The molecule has 1 aliphatic carbocycles. The summed E-state index contributed by atoms with van der Waals surface area (Å²) in [6.07, 6.45) is 5.99. The first-order chi connectivity index (χ1) is 5.77.